The van der Waals surface area contributed by atoms with Crippen molar-refractivity contribution < 1.29 is 19.0 Å². The lowest BCUT2D eigenvalue weighted by molar-refractivity contribution is 0.102. The molecule has 0 unspecified atom stereocenters. The third kappa shape index (κ3) is 3.91. The molecule has 0 spiro atoms. The number of hydrogen-bond donors (Lipinski definition) is 2. The first-order valence-corrected chi connectivity index (χ1v) is 9.36. The number of carbonyl (C=O) groups excluding carboxylic acids is 1. The highest BCUT2D eigenvalue weighted by atomic mass is 16.5. The van der Waals surface area contributed by atoms with Gasteiger partial charge in [-0.3, -0.25) is 9.89 Å². The molecule has 0 radical (unpaired) electrons. The van der Waals surface area contributed by atoms with E-state index in [1.807, 2.05) is 48.5 Å². The summed E-state index contributed by atoms with van der Waals surface area (Å²) in [6.07, 6.45) is 1.70. The van der Waals surface area contributed by atoms with Crippen molar-refractivity contribution in [3.8, 4) is 17.2 Å². The maximum Gasteiger partial charge on any atom is 0.255 e. The van der Waals surface area contributed by atoms with E-state index in [-0.39, 0.29) is 5.91 Å². The van der Waals surface area contributed by atoms with Crippen molar-refractivity contribution in [3.63, 3.8) is 0 Å². The number of ether oxygens (including phenoxy) is 3. The number of rotatable bonds is 7. The number of nitrogens with one attached hydrogen (secondary N) is 2. The van der Waals surface area contributed by atoms with Crippen molar-refractivity contribution in [2.75, 3.05) is 19.5 Å². The van der Waals surface area contributed by atoms with Crippen LogP contribution in [0.2, 0.25) is 0 Å². The minimum Gasteiger partial charge on any atom is -0.493 e. The molecule has 3 aromatic carbocycles. The maximum absolute atomic E-state index is 12.9. The Balaban J connectivity index is 1.60. The number of aromatic nitrogens is 2. The van der Waals surface area contributed by atoms with Gasteiger partial charge in [-0.15, -0.1) is 0 Å². The summed E-state index contributed by atoms with van der Waals surface area (Å²) in [7, 11) is 3.05. The summed E-state index contributed by atoms with van der Waals surface area (Å²) < 4.78 is 16.9. The van der Waals surface area contributed by atoms with Gasteiger partial charge < -0.3 is 19.5 Å². The minimum absolute atomic E-state index is 0.302. The van der Waals surface area contributed by atoms with Crippen LogP contribution in [0.4, 0.5) is 5.69 Å². The van der Waals surface area contributed by atoms with Gasteiger partial charge in [0.05, 0.1) is 31.6 Å². The molecule has 7 nitrogen and oxygen atoms in total. The first-order chi connectivity index (χ1) is 14.7. The first-order valence-electron chi connectivity index (χ1n) is 9.36. The van der Waals surface area contributed by atoms with Crippen LogP contribution < -0.4 is 19.5 Å². The molecule has 1 amide bonds. The molecule has 0 aliphatic carbocycles. The summed E-state index contributed by atoms with van der Waals surface area (Å²) in [5.74, 6) is 0.963. The van der Waals surface area contributed by atoms with E-state index < -0.39 is 0 Å². The average molecular weight is 403 g/mol. The van der Waals surface area contributed by atoms with E-state index >= 15 is 0 Å². The van der Waals surface area contributed by atoms with Gasteiger partial charge in [0.2, 0.25) is 5.75 Å². The third-order valence-electron chi connectivity index (χ3n) is 4.67. The highest BCUT2D eigenvalue weighted by Crippen LogP contribution is 2.39. The highest BCUT2D eigenvalue weighted by molar-refractivity contribution is 6.08. The summed E-state index contributed by atoms with van der Waals surface area (Å²) in [5.41, 5.74) is 2.79. The van der Waals surface area contributed by atoms with Gasteiger partial charge in [0.15, 0.2) is 11.5 Å². The Kier molecular flexibility index (Phi) is 5.52. The molecular formula is C23H21N3O4. The van der Waals surface area contributed by atoms with E-state index in [4.69, 9.17) is 14.2 Å². The van der Waals surface area contributed by atoms with Crippen molar-refractivity contribution in [2.45, 2.75) is 6.61 Å². The summed E-state index contributed by atoms with van der Waals surface area (Å²) in [4.78, 5) is 12.9. The number of amides is 1. The zero-order valence-electron chi connectivity index (χ0n) is 16.6. The largest absolute Gasteiger partial charge is 0.493 e. The van der Waals surface area contributed by atoms with Crippen molar-refractivity contribution >= 4 is 22.5 Å². The Morgan fingerprint density at radius 2 is 1.73 bits per heavy atom. The molecule has 152 valence electrons. The fourth-order valence-corrected chi connectivity index (χ4v) is 3.15. The number of aromatic amines is 1. The van der Waals surface area contributed by atoms with Gasteiger partial charge in [-0.05, 0) is 23.8 Å². The first kappa shape index (κ1) is 19.3. The summed E-state index contributed by atoms with van der Waals surface area (Å²) in [6.45, 7) is 0.348. The molecule has 0 atom stereocenters. The number of H-pyrrole nitrogens is 1. The van der Waals surface area contributed by atoms with Crippen LogP contribution in [0, 0.1) is 0 Å². The van der Waals surface area contributed by atoms with E-state index in [1.54, 1.807) is 18.3 Å². The SMILES string of the molecule is COc1cc(C(=O)Nc2cccc3cn[nH]c23)cc(OC)c1OCc1ccccc1. The average Bonchev–Trinajstić information content (AvgIpc) is 3.27. The second-order valence-corrected chi connectivity index (χ2v) is 6.58. The number of methoxy groups -OCH3 is 2. The molecule has 0 saturated heterocycles. The van der Waals surface area contributed by atoms with Crippen molar-refractivity contribution in [3.05, 3.63) is 78.0 Å². The zero-order chi connectivity index (χ0) is 20.9. The third-order valence-corrected chi connectivity index (χ3v) is 4.67. The molecule has 1 heterocycles. The molecule has 1 aromatic heterocycles. The van der Waals surface area contributed by atoms with Gasteiger partial charge in [-0.25, -0.2) is 0 Å². The predicted molar refractivity (Wildman–Crippen MR) is 114 cm³/mol. The molecule has 0 saturated carbocycles. The van der Waals surface area contributed by atoms with Gasteiger partial charge in [0.25, 0.3) is 5.91 Å². The number of anilines is 1. The van der Waals surface area contributed by atoms with E-state index in [0.717, 1.165) is 16.5 Å². The fraction of sp³-hybridized carbons (Fsp3) is 0.130. The predicted octanol–water partition coefficient (Wildman–Crippen LogP) is 4.41. The molecule has 4 aromatic rings. The summed E-state index contributed by atoms with van der Waals surface area (Å²) >= 11 is 0. The minimum atomic E-state index is -0.302. The normalized spacial score (nSPS) is 10.6. The monoisotopic (exact) mass is 403 g/mol. The summed E-state index contributed by atoms with van der Waals surface area (Å²) in [6, 6.07) is 18.6. The zero-order valence-corrected chi connectivity index (χ0v) is 16.6. The van der Waals surface area contributed by atoms with E-state index in [9.17, 15) is 4.79 Å². The Bertz CT molecular complexity index is 1150. The second-order valence-electron chi connectivity index (χ2n) is 6.58. The Hall–Kier alpha value is -4.00. The van der Waals surface area contributed by atoms with Crippen LogP contribution in [0.3, 0.4) is 0 Å². The number of nitrogens with zero attached hydrogens (tertiary/aromatic N) is 1. The van der Waals surface area contributed by atoms with Crippen LogP contribution in [-0.4, -0.2) is 30.3 Å². The van der Waals surface area contributed by atoms with Gasteiger partial charge >= 0.3 is 0 Å². The Morgan fingerprint density at radius 1 is 1.00 bits per heavy atom. The molecule has 2 N–H and O–H groups in total. The Labute approximate surface area is 173 Å². The number of fused-ring (bicyclic) bond motifs is 1. The van der Waals surface area contributed by atoms with E-state index in [1.165, 1.54) is 14.2 Å². The number of hydrogen-bond acceptors (Lipinski definition) is 5. The van der Waals surface area contributed by atoms with Crippen LogP contribution >= 0.6 is 0 Å². The van der Waals surface area contributed by atoms with Crippen molar-refractivity contribution in [2.24, 2.45) is 0 Å². The van der Waals surface area contributed by atoms with Crippen LogP contribution in [-0.2, 0) is 6.61 Å². The molecule has 7 heteroatoms. The number of para-hydroxylation sites is 1. The van der Waals surface area contributed by atoms with E-state index in [2.05, 4.69) is 15.5 Å². The lowest BCUT2D eigenvalue weighted by Crippen LogP contribution is -2.13. The Morgan fingerprint density at radius 3 is 2.43 bits per heavy atom. The van der Waals surface area contributed by atoms with E-state index in [0.29, 0.717) is 35.1 Å². The van der Waals surface area contributed by atoms with Crippen LogP contribution in [0.1, 0.15) is 15.9 Å². The fourth-order valence-electron chi connectivity index (χ4n) is 3.15. The molecule has 0 fully saturated rings. The molecule has 4 rings (SSSR count). The molecule has 30 heavy (non-hydrogen) atoms. The lowest BCUT2D eigenvalue weighted by atomic mass is 10.1. The smallest absolute Gasteiger partial charge is 0.255 e. The van der Waals surface area contributed by atoms with Crippen LogP contribution in [0.15, 0.2) is 66.9 Å². The standard InChI is InChI=1S/C23H21N3O4/c1-28-19-11-17(23(27)25-18-10-6-9-16-13-24-26-21(16)18)12-20(29-2)22(19)30-14-15-7-4-3-5-8-15/h3-13H,14H2,1-2H3,(H,24,26)(H,25,27). The molecule has 0 aliphatic rings. The quantitative estimate of drug-likeness (QED) is 0.477. The van der Waals surface area contributed by atoms with Gasteiger partial charge in [0, 0.05) is 10.9 Å². The highest BCUT2D eigenvalue weighted by Gasteiger charge is 2.19. The second kappa shape index (κ2) is 8.57. The maximum atomic E-state index is 12.9. The van der Waals surface area contributed by atoms with Crippen molar-refractivity contribution in [1.29, 1.82) is 0 Å². The van der Waals surface area contributed by atoms with Crippen LogP contribution in [0.5, 0.6) is 17.2 Å². The van der Waals surface area contributed by atoms with Crippen molar-refractivity contribution in [1.82, 2.24) is 10.2 Å². The van der Waals surface area contributed by atoms with Crippen LogP contribution in [0.25, 0.3) is 10.9 Å². The van der Waals surface area contributed by atoms with Gasteiger partial charge in [-0.2, -0.15) is 5.10 Å². The van der Waals surface area contributed by atoms with Gasteiger partial charge in [0.1, 0.15) is 6.61 Å². The summed E-state index contributed by atoms with van der Waals surface area (Å²) in [5, 5.41) is 10.7. The van der Waals surface area contributed by atoms with Gasteiger partial charge in [-0.1, -0.05) is 42.5 Å². The number of carbonyl (C=O) groups is 1. The number of benzene rings is 3. The molecule has 0 aliphatic heterocycles. The lowest BCUT2D eigenvalue weighted by Gasteiger charge is -2.16. The topological polar surface area (TPSA) is 85.5 Å². The molecular weight excluding hydrogens is 382 g/mol. The molecule has 0 bridgehead atoms.